The number of carbonyl (C=O) groups excluding carboxylic acids is 4. The lowest BCUT2D eigenvalue weighted by molar-refractivity contribution is -0.145. The Morgan fingerprint density at radius 1 is 1.07 bits per heavy atom. The first-order chi connectivity index (χ1) is 13.8. The molecule has 0 saturated heterocycles. The molecule has 0 aliphatic heterocycles. The van der Waals surface area contributed by atoms with Crippen molar-refractivity contribution in [3.63, 3.8) is 0 Å². The van der Waals surface area contributed by atoms with Crippen LogP contribution in [0.1, 0.15) is 45.1 Å². The fraction of sp³-hybridized carbons (Fsp3) is 0.429. The first-order valence-electron chi connectivity index (χ1n) is 9.67. The van der Waals surface area contributed by atoms with Gasteiger partial charge in [-0.3, -0.25) is 14.9 Å². The fourth-order valence-electron chi connectivity index (χ4n) is 3.16. The van der Waals surface area contributed by atoms with Gasteiger partial charge in [0.05, 0.1) is 0 Å². The van der Waals surface area contributed by atoms with E-state index in [1.165, 1.54) is 13.0 Å². The number of nitrogens with one attached hydrogen (secondary N) is 3. The summed E-state index contributed by atoms with van der Waals surface area (Å²) in [7, 11) is 0. The zero-order valence-electron chi connectivity index (χ0n) is 16.7. The van der Waals surface area contributed by atoms with Gasteiger partial charge in [-0.2, -0.15) is 0 Å². The monoisotopic (exact) mass is 401 g/mol. The fourth-order valence-corrected chi connectivity index (χ4v) is 3.16. The highest BCUT2D eigenvalue weighted by Crippen LogP contribution is 2.23. The zero-order chi connectivity index (χ0) is 21.2. The van der Waals surface area contributed by atoms with E-state index in [2.05, 4.69) is 22.9 Å². The van der Waals surface area contributed by atoms with Crippen LogP contribution in [0.4, 0.5) is 4.79 Å². The van der Waals surface area contributed by atoms with E-state index in [1.807, 2.05) is 6.07 Å². The van der Waals surface area contributed by atoms with Gasteiger partial charge in [-0.1, -0.05) is 50.1 Å². The minimum absolute atomic E-state index is 0.0271. The van der Waals surface area contributed by atoms with Crippen molar-refractivity contribution in [1.82, 2.24) is 16.0 Å². The summed E-state index contributed by atoms with van der Waals surface area (Å²) in [6.45, 7) is 2.68. The summed E-state index contributed by atoms with van der Waals surface area (Å²) in [6.07, 6.45) is 5.54. The van der Waals surface area contributed by atoms with Gasteiger partial charge < -0.3 is 15.4 Å². The standard InChI is InChI=1S/C21H27N3O5/c1-14-8-6-7-11-17(14)23-21(28)24-19(26)13-29-20(27)18(22-15(2)25)12-16-9-4-3-5-10-16/h3-5,9-10,12,14,17H,6-8,11,13H2,1-2H3,(H,22,25)(H2,23,24,26,28)/b18-12-/t14-,17-/m1/s1. The molecular formula is C21H27N3O5. The van der Waals surface area contributed by atoms with E-state index in [1.54, 1.807) is 24.3 Å². The Labute approximate surface area is 170 Å². The number of urea groups is 1. The zero-order valence-corrected chi connectivity index (χ0v) is 16.7. The molecule has 1 fully saturated rings. The van der Waals surface area contributed by atoms with Gasteiger partial charge in [-0.05, 0) is 30.4 Å². The average molecular weight is 401 g/mol. The van der Waals surface area contributed by atoms with Gasteiger partial charge in [0.2, 0.25) is 5.91 Å². The number of amides is 4. The average Bonchev–Trinajstić information content (AvgIpc) is 2.68. The SMILES string of the molecule is CC(=O)N/C(=C\c1ccccc1)C(=O)OCC(=O)NC(=O)N[C@@H]1CCCC[C@H]1C. The van der Waals surface area contributed by atoms with Gasteiger partial charge in [0.15, 0.2) is 6.61 Å². The van der Waals surface area contributed by atoms with Crippen LogP contribution in [-0.4, -0.2) is 36.5 Å². The molecule has 2 rings (SSSR count). The summed E-state index contributed by atoms with van der Waals surface area (Å²) in [5.74, 6) is -1.72. The molecule has 0 radical (unpaired) electrons. The maximum absolute atomic E-state index is 12.2. The van der Waals surface area contributed by atoms with Crippen molar-refractivity contribution >= 4 is 29.9 Å². The van der Waals surface area contributed by atoms with Gasteiger partial charge in [0.1, 0.15) is 5.70 Å². The lowest BCUT2D eigenvalue weighted by Crippen LogP contribution is -2.48. The quantitative estimate of drug-likeness (QED) is 0.499. The van der Waals surface area contributed by atoms with Crippen molar-refractivity contribution in [3.05, 3.63) is 41.6 Å². The van der Waals surface area contributed by atoms with Crippen LogP contribution in [0.3, 0.4) is 0 Å². The van der Waals surface area contributed by atoms with E-state index in [-0.39, 0.29) is 11.7 Å². The van der Waals surface area contributed by atoms with Crippen LogP contribution in [-0.2, 0) is 19.1 Å². The molecule has 1 aliphatic carbocycles. The molecule has 0 unspecified atom stereocenters. The van der Waals surface area contributed by atoms with Crippen LogP contribution in [0.5, 0.6) is 0 Å². The molecular weight excluding hydrogens is 374 g/mol. The molecule has 1 aromatic carbocycles. The molecule has 3 N–H and O–H groups in total. The highest BCUT2D eigenvalue weighted by Gasteiger charge is 2.23. The molecule has 1 aliphatic rings. The van der Waals surface area contributed by atoms with Crippen LogP contribution in [0.2, 0.25) is 0 Å². The van der Waals surface area contributed by atoms with E-state index in [0.717, 1.165) is 25.7 Å². The normalized spacial score (nSPS) is 19.0. The van der Waals surface area contributed by atoms with Crippen molar-refractivity contribution in [2.24, 2.45) is 5.92 Å². The second-order valence-corrected chi connectivity index (χ2v) is 7.12. The number of hydrogen-bond acceptors (Lipinski definition) is 5. The van der Waals surface area contributed by atoms with Crippen molar-refractivity contribution in [2.45, 2.75) is 45.6 Å². The minimum atomic E-state index is -0.875. The molecule has 2 atom stereocenters. The van der Waals surface area contributed by atoms with E-state index >= 15 is 0 Å². The number of carbonyl (C=O) groups is 4. The van der Waals surface area contributed by atoms with Gasteiger partial charge in [0.25, 0.3) is 5.91 Å². The number of esters is 1. The van der Waals surface area contributed by atoms with Gasteiger partial charge in [0, 0.05) is 13.0 Å². The molecule has 1 aromatic rings. The lowest BCUT2D eigenvalue weighted by atomic mass is 9.86. The Kier molecular flexibility index (Phi) is 8.39. The second kappa shape index (κ2) is 11.0. The maximum Gasteiger partial charge on any atom is 0.355 e. The first-order valence-corrected chi connectivity index (χ1v) is 9.67. The van der Waals surface area contributed by atoms with Gasteiger partial charge in [-0.25, -0.2) is 9.59 Å². The molecule has 8 nitrogen and oxygen atoms in total. The molecule has 0 heterocycles. The Morgan fingerprint density at radius 2 is 1.76 bits per heavy atom. The van der Waals surface area contributed by atoms with Crippen LogP contribution < -0.4 is 16.0 Å². The van der Waals surface area contributed by atoms with Crippen LogP contribution in [0.15, 0.2) is 36.0 Å². The molecule has 0 bridgehead atoms. The number of ether oxygens (including phenoxy) is 1. The highest BCUT2D eigenvalue weighted by atomic mass is 16.5. The summed E-state index contributed by atoms with van der Waals surface area (Å²) in [4.78, 5) is 47.5. The third-order valence-corrected chi connectivity index (χ3v) is 4.66. The predicted molar refractivity (Wildman–Crippen MR) is 107 cm³/mol. The molecule has 4 amide bonds. The van der Waals surface area contributed by atoms with Crippen LogP contribution in [0, 0.1) is 5.92 Å². The van der Waals surface area contributed by atoms with E-state index in [4.69, 9.17) is 4.74 Å². The number of imide groups is 1. The summed E-state index contributed by atoms with van der Waals surface area (Å²) in [6, 6.07) is 8.29. The highest BCUT2D eigenvalue weighted by molar-refractivity contribution is 6.00. The first kappa shape index (κ1) is 22.1. The second-order valence-electron chi connectivity index (χ2n) is 7.12. The van der Waals surface area contributed by atoms with Crippen LogP contribution >= 0.6 is 0 Å². The number of hydrogen-bond donors (Lipinski definition) is 3. The number of benzene rings is 1. The maximum atomic E-state index is 12.2. The Hall–Kier alpha value is -3.16. The van der Waals surface area contributed by atoms with E-state index in [9.17, 15) is 19.2 Å². The van der Waals surface area contributed by atoms with Crippen molar-refractivity contribution < 1.29 is 23.9 Å². The van der Waals surface area contributed by atoms with E-state index in [0.29, 0.717) is 11.5 Å². The lowest BCUT2D eigenvalue weighted by Gasteiger charge is -2.29. The summed E-state index contributed by atoms with van der Waals surface area (Å²) in [5, 5.41) is 7.34. The smallest absolute Gasteiger partial charge is 0.355 e. The van der Waals surface area contributed by atoms with Crippen molar-refractivity contribution in [2.75, 3.05) is 6.61 Å². The third kappa shape index (κ3) is 7.77. The minimum Gasteiger partial charge on any atom is -0.451 e. The van der Waals surface area contributed by atoms with Crippen molar-refractivity contribution in [3.8, 4) is 0 Å². The molecule has 29 heavy (non-hydrogen) atoms. The van der Waals surface area contributed by atoms with Crippen LogP contribution in [0.25, 0.3) is 6.08 Å². The molecule has 156 valence electrons. The third-order valence-electron chi connectivity index (χ3n) is 4.66. The molecule has 0 spiro atoms. The van der Waals surface area contributed by atoms with Crippen molar-refractivity contribution in [1.29, 1.82) is 0 Å². The molecule has 1 saturated carbocycles. The Morgan fingerprint density at radius 3 is 2.41 bits per heavy atom. The largest absolute Gasteiger partial charge is 0.451 e. The Balaban J connectivity index is 1.86. The topological polar surface area (TPSA) is 114 Å². The summed E-state index contributed by atoms with van der Waals surface area (Å²) < 4.78 is 4.94. The predicted octanol–water partition coefficient (Wildman–Crippen LogP) is 2.11. The number of rotatable bonds is 6. The Bertz CT molecular complexity index is 776. The van der Waals surface area contributed by atoms with E-state index < -0.39 is 30.4 Å². The van der Waals surface area contributed by atoms with Gasteiger partial charge in [-0.15, -0.1) is 0 Å². The molecule has 0 aromatic heterocycles. The molecule has 8 heteroatoms. The van der Waals surface area contributed by atoms with Gasteiger partial charge >= 0.3 is 12.0 Å². The summed E-state index contributed by atoms with van der Waals surface area (Å²) >= 11 is 0. The summed E-state index contributed by atoms with van der Waals surface area (Å²) in [5.41, 5.74) is 0.579.